The number of ether oxygens (including phenoxy) is 1. The second-order valence-electron chi connectivity index (χ2n) is 4.95. The number of imidazole rings is 1. The number of morpholine rings is 1. The smallest absolute Gasteiger partial charge is 0.203 e. The molecule has 1 aliphatic rings. The molecule has 1 aromatic heterocycles. The van der Waals surface area contributed by atoms with Crippen molar-refractivity contribution in [3.05, 3.63) is 11.9 Å². The van der Waals surface area contributed by atoms with Gasteiger partial charge in [-0.2, -0.15) is 0 Å². The van der Waals surface area contributed by atoms with E-state index >= 15 is 0 Å². The number of nitrogens with one attached hydrogen (secondary N) is 1. The lowest BCUT2D eigenvalue weighted by molar-refractivity contribution is 0.0367. The summed E-state index contributed by atoms with van der Waals surface area (Å²) in [5.41, 5.74) is 1.07. The van der Waals surface area contributed by atoms with Gasteiger partial charge in [0.05, 0.1) is 18.9 Å². The maximum atomic E-state index is 5.36. The monoisotopic (exact) mass is 252 g/mol. The van der Waals surface area contributed by atoms with Crippen LogP contribution in [0.2, 0.25) is 0 Å². The van der Waals surface area contributed by atoms with Crippen molar-refractivity contribution in [2.24, 2.45) is 0 Å². The molecule has 1 saturated heterocycles. The predicted molar refractivity (Wildman–Crippen MR) is 73.0 cm³/mol. The number of hydrogen-bond donors (Lipinski definition) is 1. The van der Waals surface area contributed by atoms with Crippen molar-refractivity contribution in [2.45, 2.75) is 33.4 Å². The quantitative estimate of drug-likeness (QED) is 0.859. The van der Waals surface area contributed by atoms with E-state index in [0.29, 0.717) is 6.04 Å². The second-order valence-corrected chi connectivity index (χ2v) is 4.95. The molecule has 1 unspecified atom stereocenters. The summed E-state index contributed by atoms with van der Waals surface area (Å²) in [4.78, 5) is 6.96. The van der Waals surface area contributed by atoms with E-state index < -0.39 is 0 Å². The molecule has 102 valence electrons. The largest absolute Gasteiger partial charge is 0.379 e. The fourth-order valence-corrected chi connectivity index (χ4v) is 2.34. The molecule has 1 aromatic rings. The Morgan fingerprint density at radius 2 is 2.17 bits per heavy atom. The molecule has 0 bridgehead atoms. The first-order valence-electron chi connectivity index (χ1n) is 6.79. The number of hydrogen-bond acceptors (Lipinski definition) is 4. The number of rotatable bonds is 5. The number of anilines is 1. The minimum atomic E-state index is 0.398. The minimum Gasteiger partial charge on any atom is -0.379 e. The maximum Gasteiger partial charge on any atom is 0.203 e. The highest BCUT2D eigenvalue weighted by molar-refractivity contribution is 5.30. The van der Waals surface area contributed by atoms with Crippen LogP contribution in [0.5, 0.6) is 0 Å². The molecule has 5 heteroatoms. The normalized spacial score (nSPS) is 18.8. The molecule has 0 radical (unpaired) electrons. The second kappa shape index (κ2) is 6.20. The number of aryl methyl sites for hydroxylation is 2. The van der Waals surface area contributed by atoms with Crippen molar-refractivity contribution >= 4 is 5.95 Å². The van der Waals surface area contributed by atoms with Crippen LogP contribution in [-0.2, 0) is 11.3 Å². The van der Waals surface area contributed by atoms with Crippen molar-refractivity contribution in [1.29, 1.82) is 0 Å². The Balaban J connectivity index is 1.87. The Kier molecular flexibility index (Phi) is 4.60. The fourth-order valence-electron chi connectivity index (χ4n) is 2.34. The van der Waals surface area contributed by atoms with Gasteiger partial charge in [0.1, 0.15) is 0 Å². The molecule has 0 spiro atoms. The molecular weight excluding hydrogens is 228 g/mol. The number of aromatic nitrogens is 2. The van der Waals surface area contributed by atoms with E-state index in [2.05, 4.69) is 39.8 Å². The van der Waals surface area contributed by atoms with Crippen molar-refractivity contribution in [3.8, 4) is 0 Å². The Morgan fingerprint density at radius 3 is 2.83 bits per heavy atom. The van der Waals surface area contributed by atoms with Gasteiger partial charge >= 0.3 is 0 Å². The highest BCUT2D eigenvalue weighted by Gasteiger charge is 2.15. The summed E-state index contributed by atoms with van der Waals surface area (Å²) in [7, 11) is 0. The van der Waals surface area contributed by atoms with Gasteiger partial charge in [-0.3, -0.25) is 4.90 Å². The van der Waals surface area contributed by atoms with Gasteiger partial charge in [-0.05, 0) is 20.8 Å². The molecule has 0 aromatic carbocycles. The zero-order valence-corrected chi connectivity index (χ0v) is 11.6. The van der Waals surface area contributed by atoms with E-state index in [-0.39, 0.29) is 0 Å². The zero-order valence-electron chi connectivity index (χ0n) is 11.6. The lowest BCUT2D eigenvalue weighted by Gasteiger charge is -2.29. The van der Waals surface area contributed by atoms with E-state index in [4.69, 9.17) is 4.74 Å². The fraction of sp³-hybridized carbons (Fsp3) is 0.769. The molecule has 1 fully saturated rings. The van der Waals surface area contributed by atoms with Crippen molar-refractivity contribution in [3.63, 3.8) is 0 Å². The SMILES string of the molecule is CCn1cc(C)nc1NC(C)CN1CCOCC1. The van der Waals surface area contributed by atoms with E-state index in [9.17, 15) is 0 Å². The van der Waals surface area contributed by atoms with Gasteiger partial charge in [0.15, 0.2) is 0 Å². The van der Waals surface area contributed by atoms with E-state index in [0.717, 1.165) is 51.0 Å². The van der Waals surface area contributed by atoms with Crippen LogP contribution in [0, 0.1) is 6.92 Å². The first kappa shape index (κ1) is 13.4. The Bertz CT molecular complexity index is 371. The molecule has 1 aliphatic heterocycles. The van der Waals surface area contributed by atoms with Crippen LogP contribution in [0.25, 0.3) is 0 Å². The van der Waals surface area contributed by atoms with Crippen LogP contribution < -0.4 is 5.32 Å². The van der Waals surface area contributed by atoms with E-state index in [1.54, 1.807) is 0 Å². The minimum absolute atomic E-state index is 0.398. The standard InChI is InChI=1S/C13H24N4O/c1-4-17-10-12(3)15-13(17)14-11(2)9-16-5-7-18-8-6-16/h10-11H,4-9H2,1-3H3,(H,14,15). The average molecular weight is 252 g/mol. The van der Waals surface area contributed by atoms with Gasteiger partial charge in [0.25, 0.3) is 0 Å². The molecule has 0 amide bonds. The molecule has 1 atom stereocenters. The summed E-state index contributed by atoms with van der Waals surface area (Å²) in [5.74, 6) is 0.982. The summed E-state index contributed by atoms with van der Waals surface area (Å²) in [6.45, 7) is 12.2. The third-order valence-corrected chi connectivity index (χ3v) is 3.25. The third-order valence-electron chi connectivity index (χ3n) is 3.25. The molecule has 5 nitrogen and oxygen atoms in total. The molecule has 0 saturated carbocycles. The van der Waals surface area contributed by atoms with E-state index in [1.165, 1.54) is 0 Å². The Labute approximate surface area is 109 Å². The summed E-state index contributed by atoms with van der Waals surface area (Å²) >= 11 is 0. The van der Waals surface area contributed by atoms with Crippen LogP contribution in [0.3, 0.4) is 0 Å². The lowest BCUT2D eigenvalue weighted by Crippen LogP contribution is -2.42. The lowest BCUT2D eigenvalue weighted by atomic mass is 10.3. The van der Waals surface area contributed by atoms with Crippen molar-refractivity contribution in [1.82, 2.24) is 14.5 Å². The van der Waals surface area contributed by atoms with Gasteiger partial charge in [-0.25, -0.2) is 4.98 Å². The molecule has 2 rings (SSSR count). The third kappa shape index (κ3) is 3.46. The first-order chi connectivity index (χ1) is 8.69. The average Bonchev–Trinajstić information content (AvgIpc) is 2.70. The highest BCUT2D eigenvalue weighted by atomic mass is 16.5. The van der Waals surface area contributed by atoms with Gasteiger partial charge in [-0.15, -0.1) is 0 Å². The summed E-state index contributed by atoms with van der Waals surface area (Å²) in [6.07, 6.45) is 2.09. The topological polar surface area (TPSA) is 42.3 Å². The van der Waals surface area contributed by atoms with Crippen LogP contribution in [0.15, 0.2) is 6.20 Å². The maximum absolute atomic E-state index is 5.36. The highest BCUT2D eigenvalue weighted by Crippen LogP contribution is 2.10. The van der Waals surface area contributed by atoms with Gasteiger partial charge in [0, 0.05) is 38.4 Å². The summed E-state index contributed by atoms with van der Waals surface area (Å²) < 4.78 is 7.52. The van der Waals surface area contributed by atoms with Gasteiger partial charge in [0.2, 0.25) is 5.95 Å². The predicted octanol–water partition coefficient (Wildman–Crippen LogP) is 1.34. The van der Waals surface area contributed by atoms with Gasteiger partial charge < -0.3 is 14.6 Å². The molecular formula is C13H24N4O. The summed E-state index contributed by atoms with van der Waals surface area (Å²) in [5, 5.41) is 3.50. The van der Waals surface area contributed by atoms with Crippen LogP contribution >= 0.6 is 0 Å². The first-order valence-corrected chi connectivity index (χ1v) is 6.79. The van der Waals surface area contributed by atoms with E-state index in [1.807, 2.05) is 6.92 Å². The number of nitrogens with zero attached hydrogens (tertiary/aromatic N) is 3. The Hall–Kier alpha value is -1.07. The molecule has 0 aliphatic carbocycles. The summed E-state index contributed by atoms with van der Waals surface area (Å²) in [6, 6.07) is 0.398. The Morgan fingerprint density at radius 1 is 1.44 bits per heavy atom. The van der Waals surface area contributed by atoms with Crippen LogP contribution in [-0.4, -0.2) is 53.3 Å². The van der Waals surface area contributed by atoms with Crippen molar-refractivity contribution in [2.75, 3.05) is 38.2 Å². The van der Waals surface area contributed by atoms with Crippen LogP contribution in [0.1, 0.15) is 19.5 Å². The molecule has 1 N–H and O–H groups in total. The molecule has 18 heavy (non-hydrogen) atoms. The van der Waals surface area contributed by atoms with Gasteiger partial charge in [-0.1, -0.05) is 0 Å². The van der Waals surface area contributed by atoms with Crippen molar-refractivity contribution < 1.29 is 4.74 Å². The zero-order chi connectivity index (χ0) is 13.0. The van der Waals surface area contributed by atoms with Crippen LogP contribution in [0.4, 0.5) is 5.95 Å². The molecule has 2 heterocycles.